The van der Waals surface area contributed by atoms with E-state index in [0.717, 1.165) is 0 Å². The van der Waals surface area contributed by atoms with Gasteiger partial charge in [-0.25, -0.2) is 14.6 Å². The monoisotopic (exact) mass is 544 g/mol. The van der Waals surface area contributed by atoms with Crippen molar-refractivity contribution in [3.05, 3.63) is 66.0 Å². The Kier molecular flexibility index (Phi) is 7.53. The standard InChI is InChI=1S/C27H28N8O5/c1-3-21(36)28-15-20-31-16-35(32-20)25-23-22(19(40-2)14-30-25)18(13-29-23)24(37)27(39)34-11-9-33(10-12-34)26(38)17-7-5-4-6-8-17/h4-8,13-14,16,29H,3,9-12,15H2,1-2H3,(H,28,36). The minimum atomic E-state index is -0.703. The minimum Gasteiger partial charge on any atom is -0.494 e. The second-order valence-corrected chi connectivity index (χ2v) is 9.12. The van der Waals surface area contributed by atoms with Gasteiger partial charge in [0.25, 0.3) is 17.6 Å². The van der Waals surface area contributed by atoms with E-state index in [2.05, 4.69) is 25.4 Å². The van der Waals surface area contributed by atoms with Gasteiger partial charge < -0.3 is 24.8 Å². The number of hydrogen-bond acceptors (Lipinski definition) is 8. The van der Waals surface area contributed by atoms with E-state index in [9.17, 15) is 19.2 Å². The first kappa shape index (κ1) is 26.5. The van der Waals surface area contributed by atoms with E-state index in [1.165, 1.54) is 35.4 Å². The van der Waals surface area contributed by atoms with Crippen LogP contribution in [0, 0.1) is 0 Å². The normalized spacial score (nSPS) is 13.3. The number of hydrogen-bond donors (Lipinski definition) is 2. The summed E-state index contributed by atoms with van der Waals surface area (Å²) in [5.41, 5.74) is 1.15. The van der Waals surface area contributed by atoms with Crippen molar-refractivity contribution >= 4 is 34.4 Å². The lowest BCUT2D eigenvalue weighted by Gasteiger charge is -2.34. The summed E-state index contributed by atoms with van der Waals surface area (Å²) in [6.07, 6.45) is 4.69. The second-order valence-electron chi connectivity index (χ2n) is 9.12. The van der Waals surface area contributed by atoms with Gasteiger partial charge in [-0.15, -0.1) is 5.10 Å². The van der Waals surface area contributed by atoms with Crippen molar-refractivity contribution in [1.29, 1.82) is 0 Å². The Labute approximate surface area is 229 Å². The number of Topliss-reactive ketones (excluding diaryl/α,β-unsaturated/α-hetero) is 1. The molecule has 1 aliphatic rings. The Bertz CT molecular complexity index is 1570. The van der Waals surface area contributed by atoms with Gasteiger partial charge in [-0.05, 0) is 12.1 Å². The number of nitrogens with one attached hydrogen (secondary N) is 2. The molecule has 0 bridgehead atoms. The molecule has 2 N–H and O–H groups in total. The smallest absolute Gasteiger partial charge is 0.295 e. The lowest BCUT2D eigenvalue weighted by atomic mass is 10.1. The number of methoxy groups -OCH3 is 1. The molecule has 4 heterocycles. The van der Waals surface area contributed by atoms with Gasteiger partial charge in [0.15, 0.2) is 11.6 Å². The van der Waals surface area contributed by atoms with Crippen LogP contribution in [0.4, 0.5) is 0 Å². The number of benzene rings is 1. The number of H-pyrrole nitrogens is 1. The summed E-state index contributed by atoms with van der Waals surface area (Å²) in [7, 11) is 1.45. The summed E-state index contributed by atoms with van der Waals surface area (Å²) >= 11 is 0. The minimum absolute atomic E-state index is 0.107. The number of aromatic nitrogens is 5. The molecule has 0 spiro atoms. The summed E-state index contributed by atoms with van der Waals surface area (Å²) in [5.74, 6) is -0.558. The Morgan fingerprint density at radius 3 is 2.45 bits per heavy atom. The molecule has 1 aromatic carbocycles. The topological polar surface area (TPSA) is 155 Å². The molecule has 0 saturated carbocycles. The Morgan fingerprint density at radius 2 is 1.75 bits per heavy atom. The van der Waals surface area contributed by atoms with Gasteiger partial charge in [-0.2, -0.15) is 0 Å². The number of nitrogens with zero attached hydrogens (tertiary/aromatic N) is 6. The number of ketones is 1. The van der Waals surface area contributed by atoms with Gasteiger partial charge in [-0.3, -0.25) is 19.2 Å². The van der Waals surface area contributed by atoms with Crippen LogP contribution in [-0.4, -0.2) is 91.3 Å². The van der Waals surface area contributed by atoms with Crippen LogP contribution >= 0.6 is 0 Å². The van der Waals surface area contributed by atoms with Gasteiger partial charge in [0.2, 0.25) is 5.91 Å². The fraction of sp³-hybridized carbons (Fsp3) is 0.296. The molecule has 1 aliphatic heterocycles. The summed E-state index contributed by atoms with van der Waals surface area (Å²) in [6.45, 7) is 3.04. The molecule has 0 radical (unpaired) electrons. The molecule has 1 saturated heterocycles. The molecule has 13 nitrogen and oxygen atoms in total. The second kappa shape index (κ2) is 11.4. The first-order valence-electron chi connectivity index (χ1n) is 12.8. The van der Waals surface area contributed by atoms with Crippen molar-refractivity contribution < 1.29 is 23.9 Å². The first-order valence-corrected chi connectivity index (χ1v) is 12.8. The van der Waals surface area contributed by atoms with Crippen molar-refractivity contribution in [2.24, 2.45) is 0 Å². The average Bonchev–Trinajstić information content (AvgIpc) is 3.67. The van der Waals surface area contributed by atoms with Gasteiger partial charge in [-0.1, -0.05) is 25.1 Å². The number of rotatable bonds is 8. The van der Waals surface area contributed by atoms with Crippen LogP contribution in [0.1, 0.15) is 39.9 Å². The molecule has 40 heavy (non-hydrogen) atoms. The van der Waals surface area contributed by atoms with Gasteiger partial charge >= 0.3 is 0 Å². The zero-order chi connectivity index (χ0) is 28.2. The number of piperazine rings is 1. The molecule has 0 atom stereocenters. The number of carbonyl (C=O) groups excluding carboxylic acids is 4. The van der Waals surface area contributed by atoms with E-state index in [4.69, 9.17) is 4.74 Å². The third-order valence-electron chi connectivity index (χ3n) is 6.71. The highest BCUT2D eigenvalue weighted by molar-refractivity contribution is 6.45. The number of ether oxygens (including phenoxy) is 1. The van der Waals surface area contributed by atoms with E-state index >= 15 is 0 Å². The molecular formula is C27H28N8O5. The van der Waals surface area contributed by atoms with E-state index in [1.807, 2.05) is 6.07 Å². The Hall–Kier alpha value is -5.07. The highest BCUT2D eigenvalue weighted by atomic mass is 16.5. The third-order valence-corrected chi connectivity index (χ3v) is 6.71. The van der Waals surface area contributed by atoms with Crippen LogP contribution in [0.2, 0.25) is 0 Å². The molecule has 0 aliphatic carbocycles. The Morgan fingerprint density at radius 1 is 1.02 bits per heavy atom. The largest absolute Gasteiger partial charge is 0.494 e. The SMILES string of the molecule is CCC(=O)NCc1ncn(-c2ncc(OC)c3c(C(=O)C(=O)N4CCN(C(=O)c5ccccc5)CC4)c[nH]c23)n1. The quantitative estimate of drug-likeness (QED) is 0.249. The highest BCUT2D eigenvalue weighted by Crippen LogP contribution is 2.32. The predicted molar refractivity (Wildman–Crippen MR) is 143 cm³/mol. The van der Waals surface area contributed by atoms with Crippen LogP contribution in [0.15, 0.2) is 49.1 Å². The van der Waals surface area contributed by atoms with Crippen LogP contribution in [0.3, 0.4) is 0 Å². The molecule has 4 aromatic rings. The first-order chi connectivity index (χ1) is 19.4. The molecule has 206 valence electrons. The summed E-state index contributed by atoms with van der Waals surface area (Å²) < 4.78 is 6.88. The fourth-order valence-corrected chi connectivity index (χ4v) is 4.53. The summed E-state index contributed by atoms with van der Waals surface area (Å²) in [5, 5.41) is 7.48. The van der Waals surface area contributed by atoms with Crippen LogP contribution in [0.25, 0.3) is 16.7 Å². The molecule has 13 heteroatoms. The zero-order valence-corrected chi connectivity index (χ0v) is 22.1. The van der Waals surface area contributed by atoms with Gasteiger partial charge in [0.1, 0.15) is 12.1 Å². The van der Waals surface area contributed by atoms with Crippen LogP contribution in [0.5, 0.6) is 5.75 Å². The molecule has 0 unspecified atom stereocenters. The molecule has 3 aromatic heterocycles. The zero-order valence-electron chi connectivity index (χ0n) is 22.1. The lowest BCUT2D eigenvalue weighted by Crippen LogP contribution is -2.52. The molecule has 5 rings (SSSR count). The maximum atomic E-state index is 13.4. The summed E-state index contributed by atoms with van der Waals surface area (Å²) in [6, 6.07) is 8.95. The summed E-state index contributed by atoms with van der Waals surface area (Å²) in [4.78, 5) is 65.7. The Balaban J connectivity index is 1.34. The van der Waals surface area contributed by atoms with Crippen LogP contribution in [-0.2, 0) is 16.1 Å². The number of carbonyl (C=O) groups is 4. The van der Waals surface area contributed by atoms with Crippen molar-refractivity contribution in [2.75, 3.05) is 33.3 Å². The molecule has 1 fully saturated rings. The van der Waals surface area contributed by atoms with E-state index < -0.39 is 11.7 Å². The van der Waals surface area contributed by atoms with Gasteiger partial charge in [0.05, 0.1) is 36.3 Å². The third kappa shape index (κ3) is 5.13. The number of pyridine rings is 1. The van der Waals surface area contributed by atoms with E-state index in [0.29, 0.717) is 53.4 Å². The van der Waals surface area contributed by atoms with E-state index in [-0.39, 0.29) is 37.0 Å². The van der Waals surface area contributed by atoms with Crippen molar-refractivity contribution in [2.45, 2.75) is 19.9 Å². The number of aromatic amines is 1. The molecular weight excluding hydrogens is 516 g/mol. The highest BCUT2D eigenvalue weighted by Gasteiger charge is 2.31. The van der Waals surface area contributed by atoms with Crippen molar-refractivity contribution in [3.63, 3.8) is 0 Å². The van der Waals surface area contributed by atoms with Crippen molar-refractivity contribution in [3.8, 4) is 11.6 Å². The maximum Gasteiger partial charge on any atom is 0.295 e. The number of amides is 3. The number of fused-ring (bicyclic) bond motifs is 1. The van der Waals surface area contributed by atoms with Gasteiger partial charge in [0, 0.05) is 44.4 Å². The van der Waals surface area contributed by atoms with Crippen molar-refractivity contribution in [1.82, 2.24) is 39.8 Å². The fourth-order valence-electron chi connectivity index (χ4n) is 4.53. The average molecular weight is 545 g/mol. The predicted octanol–water partition coefficient (Wildman–Crippen LogP) is 1.35. The maximum absolute atomic E-state index is 13.4. The van der Waals surface area contributed by atoms with Crippen LogP contribution < -0.4 is 10.1 Å². The lowest BCUT2D eigenvalue weighted by molar-refractivity contribution is -0.127. The van der Waals surface area contributed by atoms with E-state index in [1.54, 1.807) is 36.1 Å². The molecule has 3 amide bonds.